The largest absolute Gasteiger partial charge is 0.480 e. The van der Waals surface area contributed by atoms with E-state index in [0.29, 0.717) is 22.9 Å². The van der Waals surface area contributed by atoms with Gasteiger partial charge in [-0.2, -0.15) is 0 Å². The van der Waals surface area contributed by atoms with Crippen LogP contribution in [0.4, 0.5) is 0 Å². The lowest BCUT2D eigenvalue weighted by atomic mass is 9.89. The van der Waals surface area contributed by atoms with E-state index in [4.69, 9.17) is 27.9 Å². The second-order valence-electron chi connectivity index (χ2n) is 7.51. The Labute approximate surface area is 192 Å². The summed E-state index contributed by atoms with van der Waals surface area (Å²) in [7, 11) is 0. The number of carboxylic acid groups (broad SMARTS) is 1. The van der Waals surface area contributed by atoms with Crippen LogP contribution in [0.2, 0.25) is 10.0 Å². The average molecular weight is 462 g/mol. The van der Waals surface area contributed by atoms with E-state index in [2.05, 4.69) is 6.58 Å². The van der Waals surface area contributed by atoms with Gasteiger partial charge in [0.2, 0.25) is 0 Å². The Kier molecular flexibility index (Phi) is 7.76. The number of amides is 1. The summed E-state index contributed by atoms with van der Waals surface area (Å²) < 4.78 is 6.27. The number of carbonyl (C=O) groups is 2. The molecule has 1 amide bonds. The fourth-order valence-electron chi connectivity index (χ4n) is 4.01. The molecule has 2 aromatic rings. The molecule has 1 fully saturated rings. The maximum Gasteiger partial charge on any atom is 0.326 e. The molecule has 5 nitrogen and oxygen atoms in total. The third-order valence-corrected chi connectivity index (χ3v) is 5.87. The van der Waals surface area contributed by atoms with Gasteiger partial charge in [0.15, 0.2) is 0 Å². The highest BCUT2D eigenvalue weighted by molar-refractivity contribution is 6.30. The molecule has 1 N–H and O–H groups in total. The third kappa shape index (κ3) is 5.12. The Bertz CT molecular complexity index is 947. The van der Waals surface area contributed by atoms with Gasteiger partial charge in [0.25, 0.3) is 5.91 Å². The van der Waals surface area contributed by atoms with Crippen LogP contribution >= 0.6 is 23.2 Å². The molecule has 0 aromatic heterocycles. The van der Waals surface area contributed by atoms with Crippen LogP contribution in [0.3, 0.4) is 0 Å². The van der Waals surface area contributed by atoms with Crippen LogP contribution in [0, 0.1) is 0 Å². The highest BCUT2D eigenvalue weighted by Gasteiger charge is 2.47. The fourth-order valence-corrected chi connectivity index (χ4v) is 4.33. The van der Waals surface area contributed by atoms with Crippen LogP contribution in [0.25, 0.3) is 0 Å². The van der Waals surface area contributed by atoms with E-state index in [0.717, 1.165) is 11.1 Å². The molecule has 1 unspecified atom stereocenters. The number of carboxylic acids is 1. The van der Waals surface area contributed by atoms with E-state index in [-0.39, 0.29) is 12.3 Å². The summed E-state index contributed by atoms with van der Waals surface area (Å²) in [4.78, 5) is 27.2. The topological polar surface area (TPSA) is 66.8 Å². The van der Waals surface area contributed by atoms with Crippen molar-refractivity contribution >= 4 is 35.1 Å². The minimum Gasteiger partial charge on any atom is -0.480 e. The predicted octanol–water partition coefficient (Wildman–Crippen LogP) is 5.83. The zero-order valence-electron chi connectivity index (χ0n) is 17.2. The smallest absolute Gasteiger partial charge is 0.326 e. The summed E-state index contributed by atoms with van der Waals surface area (Å²) in [5, 5.41) is 11.1. The molecule has 1 heterocycles. The molecule has 7 heteroatoms. The summed E-state index contributed by atoms with van der Waals surface area (Å²) in [5.41, 5.74) is 1.50. The molecule has 0 spiro atoms. The first-order valence-corrected chi connectivity index (χ1v) is 10.9. The van der Waals surface area contributed by atoms with E-state index in [1.54, 1.807) is 42.5 Å². The molecule has 1 saturated heterocycles. The van der Waals surface area contributed by atoms with Crippen molar-refractivity contribution in [3.8, 4) is 0 Å². The van der Waals surface area contributed by atoms with Crippen LogP contribution in [0.15, 0.2) is 61.2 Å². The van der Waals surface area contributed by atoms with Crippen molar-refractivity contribution < 1.29 is 19.4 Å². The van der Waals surface area contributed by atoms with Crippen molar-refractivity contribution in [2.24, 2.45) is 0 Å². The molecule has 164 valence electrons. The van der Waals surface area contributed by atoms with E-state index >= 15 is 0 Å². The highest BCUT2D eigenvalue weighted by Crippen LogP contribution is 2.44. The quantitative estimate of drug-likeness (QED) is 0.501. The Morgan fingerprint density at radius 3 is 2.48 bits per heavy atom. The van der Waals surface area contributed by atoms with Crippen molar-refractivity contribution in [2.75, 3.05) is 0 Å². The molecule has 4 atom stereocenters. The normalized spacial score (nSPS) is 22.2. The van der Waals surface area contributed by atoms with Gasteiger partial charge in [0, 0.05) is 16.5 Å². The number of aliphatic carboxylic acids is 1. The Morgan fingerprint density at radius 2 is 1.90 bits per heavy atom. The van der Waals surface area contributed by atoms with E-state index < -0.39 is 30.3 Å². The van der Waals surface area contributed by atoms with Crippen LogP contribution in [-0.2, 0) is 14.3 Å². The Hall–Kier alpha value is -2.34. The summed E-state index contributed by atoms with van der Waals surface area (Å²) >= 11 is 12.3. The number of hydrogen-bond donors (Lipinski definition) is 1. The third-order valence-electron chi connectivity index (χ3n) is 5.38. The number of benzene rings is 2. The SMILES string of the molecule is C=CC[C@@H]1O[C@@H](c2cccc(Cl)c2)[C@@H](c2ccc(Cl)cc2)N(C(CCC)C(=O)O)C1=O. The molecule has 2 aromatic carbocycles. The number of nitrogens with zero attached hydrogens (tertiary/aromatic N) is 1. The molecular weight excluding hydrogens is 437 g/mol. The summed E-state index contributed by atoms with van der Waals surface area (Å²) in [5.74, 6) is -1.41. The predicted molar refractivity (Wildman–Crippen MR) is 121 cm³/mol. The Balaban J connectivity index is 2.20. The summed E-state index contributed by atoms with van der Waals surface area (Å²) in [6.45, 7) is 5.62. The van der Waals surface area contributed by atoms with Gasteiger partial charge in [-0.3, -0.25) is 4.79 Å². The maximum absolute atomic E-state index is 13.5. The van der Waals surface area contributed by atoms with Crippen molar-refractivity contribution in [3.05, 3.63) is 82.4 Å². The lowest BCUT2D eigenvalue weighted by molar-refractivity contribution is -0.184. The minimum atomic E-state index is -1.04. The van der Waals surface area contributed by atoms with Crippen molar-refractivity contribution in [1.82, 2.24) is 4.90 Å². The van der Waals surface area contributed by atoms with Gasteiger partial charge in [-0.1, -0.05) is 66.9 Å². The number of rotatable bonds is 8. The zero-order chi connectivity index (χ0) is 22.5. The van der Waals surface area contributed by atoms with Gasteiger partial charge in [-0.15, -0.1) is 6.58 Å². The lowest BCUT2D eigenvalue weighted by Crippen LogP contribution is -2.56. The lowest BCUT2D eigenvalue weighted by Gasteiger charge is -2.47. The van der Waals surface area contributed by atoms with E-state index in [9.17, 15) is 14.7 Å². The molecule has 1 aliphatic rings. The standard InChI is InChI=1S/C24H25Cl2NO4/c1-3-6-19(24(29)30)27-21(15-10-12-17(25)13-11-15)22(16-8-5-9-18(26)14-16)31-20(7-4-2)23(27)28/h4-5,8-14,19-22H,2-3,6-7H2,1H3,(H,29,30)/t19?,20-,21+,22-/m0/s1. The van der Waals surface area contributed by atoms with Crippen molar-refractivity contribution in [3.63, 3.8) is 0 Å². The molecule has 3 rings (SSSR count). The number of morpholine rings is 1. The molecule has 0 saturated carbocycles. The number of hydrogen-bond acceptors (Lipinski definition) is 3. The first-order valence-electron chi connectivity index (χ1n) is 10.2. The van der Waals surface area contributed by atoms with Gasteiger partial charge in [0.1, 0.15) is 18.2 Å². The minimum absolute atomic E-state index is 0.276. The second kappa shape index (κ2) is 10.3. The molecule has 1 aliphatic heterocycles. The zero-order valence-corrected chi connectivity index (χ0v) is 18.7. The van der Waals surface area contributed by atoms with Crippen LogP contribution in [0.5, 0.6) is 0 Å². The molecule has 31 heavy (non-hydrogen) atoms. The molecular formula is C24H25Cl2NO4. The monoisotopic (exact) mass is 461 g/mol. The fraction of sp³-hybridized carbons (Fsp3) is 0.333. The van der Waals surface area contributed by atoms with Crippen LogP contribution < -0.4 is 0 Å². The first-order chi connectivity index (χ1) is 14.9. The van der Waals surface area contributed by atoms with E-state index in [1.165, 1.54) is 4.90 Å². The van der Waals surface area contributed by atoms with Crippen LogP contribution in [0.1, 0.15) is 49.5 Å². The van der Waals surface area contributed by atoms with Gasteiger partial charge < -0.3 is 14.7 Å². The Morgan fingerprint density at radius 1 is 1.19 bits per heavy atom. The maximum atomic E-state index is 13.5. The van der Waals surface area contributed by atoms with Gasteiger partial charge in [-0.05, 0) is 41.8 Å². The molecule has 0 bridgehead atoms. The van der Waals surface area contributed by atoms with Crippen molar-refractivity contribution in [2.45, 2.75) is 50.5 Å². The van der Waals surface area contributed by atoms with Gasteiger partial charge in [-0.25, -0.2) is 4.79 Å². The average Bonchev–Trinajstić information content (AvgIpc) is 2.74. The number of halogens is 2. The number of ether oxygens (including phenoxy) is 1. The summed E-state index contributed by atoms with van der Waals surface area (Å²) in [6, 6.07) is 12.6. The van der Waals surface area contributed by atoms with Crippen LogP contribution in [-0.4, -0.2) is 34.0 Å². The molecule has 0 radical (unpaired) electrons. The second-order valence-corrected chi connectivity index (χ2v) is 8.38. The highest BCUT2D eigenvalue weighted by atomic mass is 35.5. The first kappa shape index (κ1) is 23.3. The molecule has 0 aliphatic carbocycles. The van der Waals surface area contributed by atoms with Gasteiger partial charge in [0.05, 0.1) is 6.04 Å². The van der Waals surface area contributed by atoms with E-state index in [1.807, 2.05) is 19.1 Å². The summed E-state index contributed by atoms with van der Waals surface area (Å²) in [6.07, 6.45) is 1.38. The van der Waals surface area contributed by atoms with Crippen molar-refractivity contribution in [1.29, 1.82) is 0 Å². The van der Waals surface area contributed by atoms with Gasteiger partial charge >= 0.3 is 5.97 Å². The number of carbonyl (C=O) groups excluding carboxylic acids is 1.